The lowest BCUT2D eigenvalue weighted by atomic mass is 10.1. The number of azide groups is 1. The number of aliphatic hydroxyl groups excluding tert-OH is 2. The van der Waals surface area contributed by atoms with Crippen LogP contribution in [0, 0.1) is 0 Å². The molecule has 0 aromatic carbocycles. The van der Waals surface area contributed by atoms with E-state index < -0.39 is 12.2 Å². The van der Waals surface area contributed by atoms with Crippen molar-refractivity contribution in [1.82, 2.24) is 9.97 Å². The molecule has 8 nitrogen and oxygen atoms in total. The third-order valence-electron chi connectivity index (χ3n) is 1.95. The molecule has 1 heterocycles. The highest BCUT2D eigenvalue weighted by Gasteiger charge is 2.19. The number of aliphatic hydroxyl groups is 2. The monoisotopic (exact) mass is 224 g/mol. The maximum Gasteiger partial charge on any atom is 0.141 e. The molecule has 0 saturated carbocycles. The van der Waals surface area contributed by atoms with Gasteiger partial charge in [-0.1, -0.05) is 5.11 Å². The molecule has 0 aliphatic heterocycles. The Balaban J connectivity index is 2.58. The van der Waals surface area contributed by atoms with Crippen LogP contribution in [0.25, 0.3) is 10.4 Å². The molecule has 0 amide bonds. The van der Waals surface area contributed by atoms with Crippen LogP contribution >= 0.6 is 0 Å². The fourth-order valence-electron chi connectivity index (χ4n) is 1.09. The molecule has 0 fully saturated rings. The number of anilines is 1. The molecule has 1 aromatic heterocycles. The lowest BCUT2D eigenvalue weighted by Gasteiger charge is -2.15. The molecular formula is C8H12N6O2. The minimum Gasteiger partial charge on any atom is -0.390 e. The van der Waals surface area contributed by atoms with Crippen LogP contribution in [0.1, 0.15) is 18.2 Å². The van der Waals surface area contributed by atoms with Gasteiger partial charge in [0.25, 0.3) is 0 Å². The summed E-state index contributed by atoms with van der Waals surface area (Å²) in [6.45, 7) is 0.108. The Bertz CT molecular complexity index is 375. The molecule has 0 spiro atoms. The second kappa shape index (κ2) is 5.86. The molecule has 2 atom stereocenters. The summed E-state index contributed by atoms with van der Waals surface area (Å²) in [5, 5.41) is 22.4. The van der Waals surface area contributed by atoms with E-state index in [9.17, 15) is 10.2 Å². The summed E-state index contributed by atoms with van der Waals surface area (Å²) in [5.74, 6) is 0.236. The van der Waals surface area contributed by atoms with Gasteiger partial charge in [-0.05, 0) is 12.0 Å². The predicted molar refractivity (Wildman–Crippen MR) is 56.0 cm³/mol. The third kappa shape index (κ3) is 3.35. The lowest BCUT2D eigenvalue weighted by Crippen LogP contribution is -2.20. The largest absolute Gasteiger partial charge is 0.390 e. The van der Waals surface area contributed by atoms with Gasteiger partial charge in [0, 0.05) is 11.5 Å². The van der Waals surface area contributed by atoms with Crippen LogP contribution in [0.4, 0.5) is 5.82 Å². The zero-order valence-corrected chi connectivity index (χ0v) is 8.43. The molecule has 0 saturated heterocycles. The van der Waals surface area contributed by atoms with Gasteiger partial charge in [0.15, 0.2) is 0 Å². The van der Waals surface area contributed by atoms with E-state index in [2.05, 4.69) is 20.0 Å². The van der Waals surface area contributed by atoms with E-state index in [0.717, 1.165) is 0 Å². The van der Waals surface area contributed by atoms with E-state index in [1.807, 2.05) is 0 Å². The van der Waals surface area contributed by atoms with Crippen molar-refractivity contribution >= 4 is 5.82 Å². The average Bonchev–Trinajstić information content (AvgIpc) is 2.29. The summed E-state index contributed by atoms with van der Waals surface area (Å²) in [7, 11) is 0. The molecular weight excluding hydrogens is 212 g/mol. The molecule has 0 aliphatic carbocycles. The van der Waals surface area contributed by atoms with E-state index in [-0.39, 0.29) is 24.5 Å². The van der Waals surface area contributed by atoms with Crippen molar-refractivity contribution in [2.75, 3.05) is 12.3 Å². The summed E-state index contributed by atoms with van der Waals surface area (Å²) < 4.78 is 0. The summed E-state index contributed by atoms with van der Waals surface area (Å²) in [5.41, 5.74) is 13.6. The summed E-state index contributed by atoms with van der Waals surface area (Å²) in [6.07, 6.45) is 0.512. The van der Waals surface area contributed by atoms with Crippen molar-refractivity contribution in [3.63, 3.8) is 0 Å². The van der Waals surface area contributed by atoms with Crippen molar-refractivity contribution in [2.24, 2.45) is 5.11 Å². The highest BCUT2D eigenvalue weighted by atomic mass is 16.3. The van der Waals surface area contributed by atoms with Gasteiger partial charge in [0.1, 0.15) is 11.9 Å². The number of hydrogen-bond acceptors (Lipinski definition) is 6. The highest BCUT2D eigenvalue weighted by Crippen LogP contribution is 2.16. The van der Waals surface area contributed by atoms with Crippen LogP contribution in [0.15, 0.2) is 17.5 Å². The zero-order valence-electron chi connectivity index (χ0n) is 8.43. The van der Waals surface area contributed by atoms with Gasteiger partial charge >= 0.3 is 0 Å². The molecule has 8 heteroatoms. The van der Waals surface area contributed by atoms with Crippen LogP contribution in [0.5, 0.6) is 0 Å². The van der Waals surface area contributed by atoms with Crippen molar-refractivity contribution in [3.8, 4) is 0 Å². The van der Waals surface area contributed by atoms with Gasteiger partial charge in [-0.25, -0.2) is 4.98 Å². The van der Waals surface area contributed by atoms with E-state index >= 15 is 0 Å². The number of nitrogen functional groups attached to an aromatic ring is 1. The maximum absolute atomic E-state index is 9.65. The number of nitrogens with two attached hydrogens (primary N) is 1. The normalized spacial score (nSPS) is 13.9. The van der Waals surface area contributed by atoms with Crippen molar-refractivity contribution in [2.45, 2.75) is 18.6 Å². The van der Waals surface area contributed by atoms with Crippen LogP contribution in [-0.4, -0.2) is 32.8 Å². The quantitative estimate of drug-likeness (QED) is 0.371. The molecule has 86 valence electrons. The Morgan fingerprint density at radius 2 is 2.19 bits per heavy atom. The molecule has 0 aliphatic rings. The Labute approximate surface area is 91.4 Å². The summed E-state index contributed by atoms with van der Waals surface area (Å²) in [6, 6.07) is 0. The Morgan fingerprint density at radius 1 is 1.44 bits per heavy atom. The van der Waals surface area contributed by atoms with Gasteiger partial charge < -0.3 is 15.9 Å². The Hall–Kier alpha value is -1.89. The fraction of sp³-hybridized carbons (Fsp3) is 0.500. The number of nitrogens with zero attached hydrogens (tertiary/aromatic N) is 5. The van der Waals surface area contributed by atoms with Gasteiger partial charge in [-0.3, -0.25) is 4.98 Å². The van der Waals surface area contributed by atoms with Crippen molar-refractivity contribution < 1.29 is 10.2 Å². The second-order valence-electron chi connectivity index (χ2n) is 3.12. The van der Waals surface area contributed by atoms with Crippen LogP contribution < -0.4 is 5.73 Å². The maximum atomic E-state index is 9.65. The van der Waals surface area contributed by atoms with Crippen LogP contribution in [0.2, 0.25) is 0 Å². The fourth-order valence-corrected chi connectivity index (χ4v) is 1.09. The first-order valence-electron chi connectivity index (χ1n) is 4.59. The predicted octanol–water partition coefficient (Wildman–Crippen LogP) is 0.154. The minimum absolute atomic E-state index is 0.108. The first-order chi connectivity index (χ1) is 7.65. The summed E-state index contributed by atoms with van der Waals surface area (Å²) >= 11 is 0. The third-order valence-corrected chi connectivity index (χ3v) is 1.95. The van der Waals surface area contributed by atoms with Gasteiger partial charge in [0.2, 0.25) is 0 Å². The first kappa shape index (κ1) is 12.2. The molecule has 1 aromatic rings. The molecule has 0 bridgehead atoms. The number of rotatable bonds is 5. The van der Waals surface area contributed by atoms with Crippen molar-refractivity contribution in [1.29, 1.82) is 0 Å². The topological polar surface area (TPSA) is 141 Å². The van der Waals surface area contributed by atoms with E-state index in [4.69, 9.17) is 11.3 Å². The van der Waals surface area contributed by atoms with E-state index in [1.165, 1.54) is 12.4 Å². The molecule has 1 rings (SSSR count). The first-order valence-corrected chi connectivity index (χ1v) is 4.59. The van der Waals surface area contributed by atoms with Gasteiger partial charge in [0.05, 0.1) is 24.2 Å². The summed E-state index contributed by atoms with van der Waals surface area (Å²) in [4.78, 5) is 10.1. The standard InChI is InChI=1S/C8H12N6O2/c9-7-4-11-5(3-12-7)8(16)6(15)1-2-13-14-10/h3-4,6,8,15-16H,1-2H2,(H2,9,12). The minimum atomic E-state index is -1.16. The second-order valence-corrected chi connectivity index (χ2v) is 3.12. The van der Waals surface area contributed by atoms with Gasteiger partial charge in [-0.2, -0.15) is 0 Å². The average molecular weight is 224 g/mol. The van der Waals surface area contributed by atoms with Crippen LogP contribution in [-0.2, 0) is 0 Å². The Kier molecular flexibility index (Phi) is 4.46. The van der Waals surface area contributed by atoms with E-state index in [0.29, 0.717) is 0 Å². The molecule has 2 unspecified atom stereocenters. The zero-order chi connectivity index (χ0) is 12.0. The number of aromatic nitrogens is 2. The SMILES string of the molecule is [N-]=[N+]=NCCC(O)C(O)c1cnc(N)cn1. The molecule has 0 radical (unpaired) electrons. The molecule has 4 N–H and O–H groups in total. The number of hydrogen-bond donors (Lipinski definition) is 3. The lowest BCUT2D eigenvalue weighted by molar-refractivity contribution is 0.0123. The van der Waals surface area contributed by atoms with E-state index in [1.54, 1.807) is 0 Å². The Morgan fingerprint density at radius 3 is 2.75 bits per heavy atom. The smallest absolute Gasteiger partial charge is 0.141 e. The van der Waals surface area contributed by atoms with Gasteiger partial charge in [-0.15, -0.1) is 0 Å². The van der Waals surface area contributed by atoms with Crippen LogP contribution in [0.3, 0.4) is 0 Å². The molecule has 16 heavy (non-hydrogen) atoms. The highest BCUT2D eigenvalue weighted by molar-refractivity contribution is 5.23. The van der Waals surface area contributed by atoms with Crippen molar-refractivity contribution in [3.05, 3.63) is 28.5 Å².